The normalized spacial score (nSPS) is 10.5. The summed E-state index contributed by atoms with van der Waals surface area (Å²) in [6.07, 6.45) is 0. The summed E-state index contributed by atoms with van der Waals surface area (Å²) in [5.41, 5.74) is 4.35. The molecule has 24 heavy (non-hydrogen) atoms. The van der Waals surface area contributed by atoms with Crippen LogP contribution in [0.5, 0.6) is 0 Å². The molecule has 0 aliphatic carbocycles. The van der Waals surface area contributed by atoms with Crippen LogP contribution in [0.2, 0.25) is 0 Å². The maximum atomic E-state index is 4.54. The molecule has 0 aliphatic rings. The van der Waals surface area contributed by atoms with E-state index < -0.39 is 0 Å². The van der Waals surface area contributed by atoms with Gasteiger partial charge in [-0.1, -0.05) is 51.8 Å². The van der Waals surface area contributed by atoms with Crippen molar-refractivity contribution in [3.63, 3.8) is 0 Å². The quantitative estimate of drug-likeness (QED) is 0.635. The van der Waals surface area contributed by atoms with Gasteiger partial charge < -0.3 is 10.6 Å². The maximum Gasteiger partial charge on any atom is 0.225 e. The minimum Gasteiger partial charge on any atom is -0.350 e. The van der Waals surface area contributed by atoms with Crippen molar-refractivity contribution >= 4 is 33.4 Å². The van der Waals surface area contributed by atoms with Gasteiger partial charge in [-0.25, -0.2) is 4.98 Å². The van der Waals surface area contributed by atoms with E-state index in [0.717, 1.165) is 21.7 Å². The molecule has 122 valence electrons. The van der Waals surface area contributed by atoms with Crippen LogP contribution < -0.4 is 10.6 Å². The SMILES string of the molecule is Cc1ccc(CNc2nc(C)cc(Nc3cccc(Br)c3)n2)cc1. The van der Waals surface area contributed by atoms with Crippen LogP contribution in [0.15, 0.2) is 59.1 Å². The molecule has 5 heteroatoms. The van der Waals surface area contributed by atoms with Crippen molar-refractivity contribution in [3.05, 3.63) is 75.9 Å². The van der Waals surface area contributed by atoms with Crippen molar-refractivity contribution in [1.29, 1.82) is 0 Å². The molecular formula is C19H19BrN4. The first-order chi connectivity index (χ1) is 11.6. The lowest BCUT2D eigenvalue weighted by molar-refractivity contribution is 1.03. The van der Waals surface area contributed by atoms with E-state index in [4.69, 9.17) is 0 Å². The molecule has 0 saturated carbocycles. The monoisotopic (exact) mass is 382 g/mol. The van der Waals surface area contributed by atoms with Gasteiger partial charge in [0.05, 0.1) is 0 Å². The molecule has 0 saturated heterocycles. The molecule has 0 amide bonds. The Kier molecular flexibility index (Phi) is 5.11. The molecule has 0 atom stereocenters. The topological polar surface area (TPSA) is 49.8 Å². The van der Waals surface area contributed by atoms with Crippen LogP contribution >= 0.6 is 15.9 Å². The smallest absolute Gasteiger partial charge is 0.225 e. The van der Waals surface area contributed by atoms with E-state index >= 15 is 0 Å². The number of aryl methyl sites for hydroxylation is 2. The Morgan fingerprint density at radius 3 is 2.50 bits per heavy atom. The van der Waals surface area contributed by atoms with Crippen LogP contribution in [0.25, 0.3) is 0 Å². The lowest BCUT2D eigenvalue weighted by Gasteiger charge is -2.10. The number of anilines is 3. The zero-order chi connectivity index (χ0) is 16.9. The number of rotatable bonds is 5. The molecule has 0 radical (unpaired) electrons. The maximum absolute atomic E-state index is 4.54. The summed E-state index contributed by atoms with van der Waals surface area (Å²) in [4.78, 5) is 9.00. The molecule has 0 unspecified atom stereocenters. The van der Waals surface area contributed by atoms with Gasteiger partial charge in [0, 0.05) is 28.5 Å². The first-order valence-electron chi connectivity index (χ1n) is 7.76. The first-order valence-corrected chi connectivity index (χ1v) is 8.55. The van der Waals surface area contributed by atoms with E-state index in [2.05, 4.69) is 67.7 Å². The van der Waals surface area contributed by atoms with E-state index in [9.17, 15) is 0 Å². The molecule has 2 aromatic carbocycles. The highest BCUT2D eigenvalue weighted by molar-refractivity contribution is 9.10. The van der Waals surface area contributed by atoms with E-state index in [1.165, 1.54) is 11.1 Å². The summed E-state index contributed by atoms with van der Waals surface area (Å²) in [6.45, 7) is 4.74. The van der Waals surface area contributed by atoms with Crippen molar-refractivity contribution < 1.29 is 0 Å². The van der Waals surface area contributed by atoms with Gasteiger partial charge in [-0.05, 0) is 37.6 Å². The number of aromatic nitrogens is 2. The van der Waals surface area contributed by atoms with Crippen molar-refractivity contribution in [2.75, 3.05) is 10.6 Å². The van der Waals surface area contributed by atoms with Crippen molar-refractivity contribution in [2.45, 2.75) is 20.4 Å². The molecule has 0 spiro atoms. The van der Waals surface area contributed by atoms with Gasteiger partial charge in [-0.3, -0.25) is 0 Å². The van der Waals surface area contributed by atoms with E-state index in [0.29, 0.717) is 12.5 Å². The third-order valence-electron chi connectivity index (χ3n) is 3.52. The van der Waals surface area contributed by atoms with Crippen molar-refractivity contribution in [3.8, 4) is 0 Å². The number of nitrogens with zero attached hydrogens (tertiary/aromatic N) is 2. The third-order valence-corrected chi connectivity index (χ3v) is 4.02. The lowest BCUT2D eigenvalue weighted by Crippen LogP contribution is -2.06. The van der Waals surface area contributed by atoms with E-state index in [1.807, 2.05) is 37.3 Å². The molecule has 4 nitrogen and oxygen atoms in total. The first kappa shape index (κ1) is 16.5. The number of hydrogen-bond acceptors (Lipinski definition) is 4. The van der Waals surface area contributed by atoms with Gasteiger partial charge in [-0.15, -0.1) is 0 Å². The van der Waals surface area contributed by atoms with E-state index in [-0.39, 0.29) is 0 Å². The fraction of sp³-hybridized carbons (Fsp3) is 0.158. The summed E-state index contributed by atoms with van der Waals surface area (Å²) in [5, 5.41) is 6.60. The van der Waals surface area contributed by atoms with Crippen LogP contribution in [0.4, 0.5) is 17.5 Å². The molecule has 1 heterocycles. The van der Waals surface area contributed by atoms with Gasteiger partial charge in [0.2, 0.25) is 5.95 Å². The highest BCUT2D eigenvalue weighted by Gasteiger charge is 2.03. The fourth-order valence-corrected chi connectivity index (χ4v) is 2.71. The predicted octanol–water partition coefficient (Wildman–Crippen LogP) is 5.21. The highest BCUT2D eigenvalue weighted by Crippen LogP contribution is 2.20. The summed E-state index contributed by atoms with van der Waals surface area (Å²) < 4.78 is 1.02. The zero-order valence-electron chi connectivity index (χ0n) is 13.7. The van der Waals surface area contributed by atoms with Gasteiger partial charge in [0.15, 0.2) is 0 Å². The van der Waals surface area contributed by atoms with Gasteiger partial charge in [0.1, 0.15) is 5.82 Å². The molecular weight excluding hydrogens is 364 g/mol. The number of benzene rings is 2. The Morgan fingerprint density at radius 2 is 1.75 bits per heavy atom. The summed E-state index contributed by atoms with van der Waals surface area (Å²) in [6, 6.07) is 18.3. The van der Waals surface area contributed by atoms with Gasteiger partial charge in [-0.2, -0.15) is 4.98 Å². The molecule has 2 N–H and O–H groups in total. The van der Waals surface area contributed by atoms with Crippen LogP contribution in [0.1, 0.15) is 16.8 Å². The summed E-state index contributed by atoms with van der Waals surface area (Å²) >= 11 is 3.48. The third kappa shape index (κ3) is 4.55. The Bertz CT molecular complexity index is 831. The highest BCUT2D eigenvalue weighted by atomic mass is 79.9. The van der Waals surface area contributed by atoms with Crippen molar-refractivity contribution in [2.24, 2.45) is 0 Å². The van der Waals surface area contributed by atoms with Gasteiger partial charge in [0.25, 0.3) is 0 Å². The molecule has 1 aromatic heterocycles. The lowest BCUT2D eigenvalue weighted by atomic mass is 10.1. The Labute approximate surface area is 150 Å². The van der Waals surface area contributed by atoms with E-state index in [1.54, 1.807) is 0 Å². The molecule has 0 fully saturated rings. The minimum absolute atomic E-state index is 0.619. The number of hydrogen-bond donors (Lipinski definition) is 2. The zero-order valence-corrected chi connectivity index (χ0v) is 15.3. The second-order valence-electron chi connectivity index (χ2n) is 5.69. The predicted molar refractivity (Wildman–Crippen MR) is 103 cm³/mol. The average Bonchev–Trinajstić information content (AvgIpc) is 2.54. The van der Waals surface area contributed by atoms with Crippen LogP contribution in [0, 0.1) is 13.8 Å². The summed E-state index contributed by atoms with van der Waals surface area (Å²) in [7, 11) is 0. The van der Waals surface area contributed by atoms with Crippen LogP contribution in [-0.4, -0.2) is 9.97 Å². The Balaban J connectivity index is 1.72. The largest absolute Gasteiger partial charge is 0.350 e. The number of halogens is 1. The Hall–Kier alpha value is -2.40. The second-order valence-corrected chi connectivity index (χ2v) is 6.61. The molecule has 0 aliphatic heterocycles. The second kappa shape index (κ2) is 7.45. The Morgan fingerprint density at radius 1 is 0.958 bits per heavy atom. The molecule has 3 aromatic rings. The standard InChI is InChI=1S/C19H19BrN4/c1-13-6-8-15(9-7-13)12-21-19-22-14(2)10-18(24-19)23-17-5-3-4-16(20)11-17/h3-11H,12H2,1-2H3,(H2,21,22,23,24). The van der Waals surface area contributed by atoms with Crippen LogP contribution in [0.3, 0.4) is 0 Å². The molecule has 3 rings (SSSR count). The fourth-order valence-electron chi connectivity index (χ4n) is 2.31. The molecule has 0 bridgehead atoms. The minimum atomic E-state index is 0.619. The van der Waals surface area contributed by atoms with Crippen LogP contribution in [-0.2, 0) is 6.54 Å². The summed E-state index contributed by atoms with van der Waals surface area (Å²) in [5.74, 6) is 1.39. The van der Waals surface area contributed by atoms with Crippen molar-refractivity contribution in [1.82, 2.24) is 9.97 Å². The number of nitrogens with one attached hydrogen (secondary N) is 2. The average molecular weight is 383 g/mol. The van der Waals surface area contributed by atoms with Gasteiger partial charge >= 0.3 is 0 Å².